The van der Waals surface area contributed by atoms with E-state index in [4.69, 9.17) is 0 Å². The summed E-state index contributed by atoms with van der Waals surface area (Å²) in [6.45, 7) is 9.31. The van der Waals surface area contributed by atoms with Gasteiger partial charge in [0.2, 0.25) is 0 Å². The Balaban J connectivity index is 0. The molecule has 0 aliphatic heterocycles. The Morgan fingerprint density at radius 3 is 1.07 bits per heavy atom. The number of aliphatic carboxylic acids is 1. The molecule has 0 aromatic rings. The molecule has 0 atom stereocenters. The number of carbonyl (C=O) groups excluding carboxylic acids is 1. The SMILES string of the molecule is CCCCCCCCCCCCCCCCCC(=O)[O-].C[CH2][Sn+]([CH2]C)[CH2]C. The average molecular weight is 489 g/mol. The fourth-order valence-corrected chi connectivity index (χ4v) is 7.67. The molecule has 0 aromatic heterocycles. The average Bonchev–Trinajstić information content (AvgIpc) is 2.66. The van der Waals surface area contributed by atoms with Gasteiger partial charge in [0, 0.05) is 5.97 Å². The van der Waals surface area contributed by atoms with Crippen molar-refractivity contribution >= 4 is 25.7 Å². The first-order valence-electron chi connectivity index (χ1n) is 12.2. The number of carboxylic acids is 1. The van der Waals surface area contributed by atoms with Crippen LogP contribution in [0.4, 0.5) is 0 Å². The van der Waals surface area contributed by atoms with E-state index in [2.05, 4.69) is 27.7 Å². The zero-order chi connectivity index (χ0) is 20.6. The van der Waals surface area contributed by atoms with E-state index < -0.39 is 25.7 Å². The van der Waals surface area contributed by atoms with Gasteiger partial charge in [0.1, 0.15) is 0 Å². The molecule has 0 aromatic carbocycles. The quantitative estimate of drug-likeness (QED) is 0.139. The van der Waals surface area contributed by atoms with Crippen molar-refractivity contribution in [1.29, 1.82) is 0 Å². The molecule has 0 saturated heterocycles. The summed E-state index contributed by atoms with van der Waals surface area (Å²) in [6.07, 6.45) is 19.9. The first kappa shape index (κ1) is 29.5. The fraction of sp³-hybridized carbons (Fsp3) is 0.958. The first-order valence-corrected chi connectivity index (χ1v) is 18.2. The summed E-state index contributed by atoms with van der Waals surface area (Å²) >= 11 is -0.653. The number of hydrogen-bond acceptors (Lipinski definition) is 2. The number of carboxylic acid groups (broad SMARTS) is 1. The normalized spacial score (nSPS) is 10.4. The van der Waals surface area contributed by atoms with Crippen molar-refractivity contribution in [2.75, 3.05) is 0 Å². The number of hydrogen-bond donors (Lipinski definition) is 0. The maximum absolute atomic E-state index is 10.2. The van der Waals surface area contributed by atoms with E-state index in [-0.39, 0.29) is 6.42 Å². The van der Waals surface area contributed by atoms with Crippen LogP contribution >= 0.6 is 0 Å². The summed E-state index contributed by atoms with van der Waals surface area (Å²) < 4.78 is 4.65. The summed E-state index contributed by atoms with van der Waals surface area (Å²) in [6, 6.07) is 0. The molecule has 0 rings (SSSR count). The molecule has 0 bridgehead atoms. The molecule has 0 aliphatic rings. The summed E-state index contributed by atoms with van der Waals surface area (Å²) in [4.78, 5) is 10.2. The second-order valence-corrected chi connectivity index (χ2v) is 18.2. The van der Waals surface area contributed by atoms with E-state index in [1.54, 1.807) is 13.3 Å². The van der Waals surface area contributed by atoms with E-state index in [1.165, 1.54) is 83.5 Å². The van der Waals surface area contributed by atoms with Crippen molar-refractivity contribution < 1.29 is 9.90 Å². The van der Waals surface area contributed by atoms with Crippen LogP contribution in [-0.2, 0) is 4.79 Å². The molecular formula is C24H50O2Sn. The van der Waals surface area contributed by atoms with E-state index in [0.29, 0.717) is 0 Å². The molecule has 162 valence electrons. The second kappa shape index (κ2) is 26.3. The Morgan fingerprint density at radius 2 is 0.852 bits per heavy atom. The fourth-order valence-electron chi connectivity index (χ4n) is 3.39. The molecular weight excluding hydrogens is 439 g/mol. The Hall–Kier alpha value is 0.269. The Bertz CT molecular complexity index is 272. The standard InChI is InChI=1S/C18H36O2.3C2H5.Sn/c1-2-3-4-5-6-7-8-9-10-11-12-13-14-15-16-17-18(19)20;3*1-2;/h2-17H2,1H3,(H,19,20);3*1H2,2H3;/q;;;;+1/p-1. The van der Waals surface area contributed by atoms with Crippen molar-refractivity contribution in [2.24, 2.45) is 0 Å². The van der Waals surface area contributed by atoms with Gasteiger partial charge in [0.15, 0.2) is 0 Å². The van der Waals surface area contributed by atoms with Crippen molar-refractivity contribution in [3.8, 4) is 0 Å². The van der Waals surface area contributed by atoms with Gasteiger partial charge in [-0.2, -0.15) is 0 Å². The minimum atomic E-state index is -0.903. The molecule has 27 heavy (non-hydrogen) atoms. The molecule has 0 unspecified atom stereocenters. The van der Waals surface area contributed by atoms with Gasteiger partial charge in [0.25, 0.3) is 0 Å². The van der Waals surface area contributed by atoms with Crippen LogP contribution in [0.2, 0.25) is 13.3 Å². The van der Waals surface area contributed by atoms with E-state index >= 15 is 0 Å². The van der Waals surface area contributed by atoms with Crippen molar-refractivity contribution in [3.63, 3.8) is 0 Å². The second-order valence-electron chi connectivity index (χ2n) is 7.88. The predicted octanol–water partition coefficient (Wildman–Crippen LogP) is 7.54. The van der Waals surface area contributed by atoms with Gasteiger partial charge in [-0.25, -0.2) is 0 Å². The van der Waals surface area contributed by atoms with Crippen LogP contribution in [0.5, 0.6) is 0 Å². The topological polar surface area (TPSA) is 40.1 Å². The summed E-state index contributed by atoms with van der Waals surface area (Å²) in [5.41, 5.74) is 0. The van der Waals surface area contributed by atoms with Crippen molar-refractivity contribution in [2.45, 2.75) is 144 Å². The summed E-state index contributed by atoms with van der Waals surface area (Å²) in [7, 11) is 0. The van der Waals surface area contributed by atoms with Gasteiger partial charge in [-0.1, -0.05) is 96.8 Å². The van der Waals surface area contributed by atoms with Gasteiger partial charge in [-0.3, -0.25) is 0 Å². The number of carbonyl (C=O) groups is 1. The van der Waals surface area contributed by atoms with Crippen LogP contribution in [0.1, 0.15) is 130 Å². The monoisotopic (exact) mass is 490 g/mol. The molecule has 0 heterocycles. The Morgan fingerprint density at radius 1 is 0.556 bits per heavy atom. The third-order valence-corrected chi connectivity index (χ3v) is 14.0. The van der Waals surface area contributed by atoms with Crippen LogP contribution in [0.15, 0.2) is 0 Å². The van der Waals surface area contributed by atoms with Gasteiger partial charge in [0.05, 0.1) is 0 Å². The zero-order valence-corrected chi connectivity index (χ0v) is 22.1. The predicted molar refractivity (Wildman–Crippen MR) is 122 cm³/mol. The molecule has 0 radical (unpaired) electrons. The Kier molecular flexibility index (Phi) is 28.7. The third kappa shape index (κ3) is 28.6. The van der Waals surface area contributed by atoms with Crippen molar-refractivity contribution in [1.82, 2.24) is 0 Å². The molecule has 0 aliphatic carbocycles. The van der Waals surface area contributed by atoms with E-state index in [0.717, 1.165) is 12.8 Å². The Labute approximate surface area is 179 Å². The molecule has 0 fully saturated rings. The first-order chi connectivity index (χ1) is 13.1. The van der Waals surface area contributed by atoms with Gasteiger partial charge < -0.3 is 9.90 Å². The van der Waals surface area contributed by atoms with Crippen LogP contribution in [0.25, 0.3) is 0 Å². The molecule has 2 nitrogen and oxygen atoms in total. The maximum atomic E-state index is 10.2. The van der Waals surface area contributed by atoms with Gasteiger partial charge >= 0.3 is 53.8 Å². The number of unbranched alkanes of at least 4 members (excludes halogenated alkanes) is 14. The molecule has 0 N–H and O–H groups in total. The van der Waals surface area contributed by atoms with E-state index in [9.17, 15) is 9.90 Å². The van der Waals surface area contributed by atoms with Crippen LogP contribution < -0.4 is 5.11 Å². The molecule has 3 heteroatoms. The molecule has 0 spiro atoms. The zero-order valence-electron chi connectivity index (χ0n) is 19.3. The summed E-state index contributed by atoms with van der Waals surface area (Å²) in [5.74, 6) is -0.903. The van der Waals surface area contributed by atoms with Gasteiger partial charge in [-0.05, 0) is 12.8 Å². The van der Waals surface area contributed by atoms with E-state index in [1.807, 2.05) is 0 Å². The summed E-state index contributed by atoms with van der Waals surface area (Å²) in [5, 5.41) is 10.2. The van der Waals surface area contributed by atoms with Gasteiger partial charge in [-0.15, -0.1) is 0 Å². The number of rotatable bonds is 19. The van der Waals surface area contributed by atoms with Crippen molar-refractivity contribution in [3.05, 3.63) is 0 Å². The minimum absolute atomic E-state index is 0.234. The van der Waals surface area contributed by atoms with Crippen LogP contribution in [-0.4, -0.2) is 25.7 Å². The van der Waals surface area contributed by atoms with Crippen LogP contribution in [0, 0.1) is 0 Å². The third-order valence-electron chi connectivity index (χ3n) is 5.48. The molecule has 0 amide bonds. The molecule has 0 saturated carbocycles. The van der Waals surface area contributed by atoms with Crippen LogP contribution in [0.3, 0.4) is 0 Å².